The van der Waals surface area contributed by atoms with Crippen molar-refractivity contribution in [3.63, 3.8) is 0 Å². The van der Waals surface area contributed by atoms with Crippen LogP contribution in [0.25, 0.3) is 0 Å². The number of carbonyl (C=O) groups is 1. The number of primary amides is 1. The molecule has 1 unspecified atom stereocenters. The van der Waals surface area contributed by atoms with E-state index < -0.39 is 12.0 Å². The first kappa shape index (κ1) is 10.9. The smallest absolute Gasteiger partial charge is 0.252 e. The van der Waals surface area contributed by atoms with Crippen LogP contribution in [-0.4, -0.2) is 17.5 Å². The van der Waals surface area contributed by atoms with E-state index in [4.69, 9.17) is 16.2 Å². The lowest BCUT2D eigenvalue weighted by molar-refractivity contribution is -0.130. The summed E-state index contributed by atoms with van der Waals surface area (Å²) in [5.41, 5.74) is 11.1. The second-order valence-electron chi connectivity index (χ2n) is 2.76. The lowest BCUT2D eigenvalue weighted by atomic mass is 10.2. The van der Waals surface area contributed by atoms with Crippen molar-refractivity contribution in [2.45, 2.75) is 19.4 Å². The highest BCUT2D eigenvalue weighted by atomic mass is 32.1. The van der Waals surface area contributed by atoms with Gasteiger partial charge in [-0.25, -0.2) is 4.98 Å². The largest absolute Gasteiger partial charge is 0.375 e. The highest BCUT2D eigenvalue weighted by Crippen LogP contribution is 2.21. The number of ether oxygens (including phenoxy) is 1. The molecule has 0 spiro atoms. The lowest BCUT2D eigenvalue weighted by Gasteiger charge is -2.10. The van der Waals surface area contributed by atoms with Crippen molar-refractivity contribution >= 4 is 22.4 Å². The molecule has 0 aliphatic carbocycles. The van der Waals surface area contributed by atoms with E-state index in [0.717, 1.165) is 6.42 Å². The molecule has 1 aromatic rings. The Kier molecular flexibility index (Phi) is 3.84. The standard InChI is InChI=1S/C8H13N3O2S/c1-2-3-13-6(7(9)12)5-4-14-8(10)11-5/h4,6H,2-3H2,1H3,(H2,9,12)(H2,10,11). The van der Waals surface area contributed by atoms with Crippen LogP contribution >= 0.6 is 11.3 Å². The van der Waals surface area contributed by atoms with Crippen LogP contribution in [0.4, 0.5) is 5.13 Å². The van der Waals surface area contributed by atoms with Crippen LogP contribution < -0.4 is 11.5 Å². The predicted octanol–water partition coefficient (Wildman–Crippen LogP) is 0.678. The van der Waals surface area contributed by atoms with Gasteiger partial charge in [0, 0.05) is 12.0 Å². The molecule has 0 bridgehead atoms. The van der Waals surface area contributed by atoms with E-state index in [2.05, 4.69) is 4.98 Å². The summed E-state index contributed by atoms with van der Waals surface area (Å²) in [6.45, 7) is 2.43. The average Bonchev–Trinajstić information content (AvgIpc) is 2.52. The van der Waals surface area contributed by atoms with Crippen LogP contribution in [0.15, 0.2) is 5.38 Å². The van der Waals surface area contributed by atoms with Crippen LogP contribution in [0.5, 0.6) is 0 Å². The van der Waals surface area contributed by atoms with Gasteiger partial charge in [-0.2, -0.15) is 0 Å². The first-order valence-corrected chi connectivity index (χ1v) is 5.15. The summed E-state index contributed by atoms with van der Waals surface area (Å²) in [6.07, 6.45) is 0.0483. The molecule has 1 rings (SSSR count). The average molecular weight is 215 g/mol. The number of thiazole rings is 1. The van der Waals surface area contributed by atoms with Crippen molar-refractivity contribution < 1.29 is 9.53 Å². The van der Waals surface area contributed by atoms with Crippen LogP contribution in [0, 0.1) is 0 Å². The lowest BCUT2D eigenvalue weighted by Crippen LogP contribution is -2.24. The van der Waals surface area contributed by atoms with Gasteiger partial charge >= 0.3 is 0 Å². The minimum Gasteiger partial charge on any atom is -0.375 e. The number of nitrogens with two attached hydrogens (primary N) is 2. The molecule has 0 aliphatic rings. The molecule has 0 aliphatic heterocycles. The molecule has 0 saturated carbocycles. The van der Waals surface area contributed by atoms with Crippen molar-refractivity contribution in [2.75, 3.05) is 12.3 Å². The van der Waals surface area contributed by atoms with Gasteiger partial charge in [0.15, 0.2) is 11.2 Å². The minimum absolute atomic E-state index is 0.409. The number of hydrogen-bond donors (Lipinski definition) is 2. The topological polar surface area (TPSA) is 91.2 Å². The van der Waals surface area contributed by atoms with E-state index in [1.807, 2.05) is 6.92 Å². The normalized spacial score (nSPS) is 12.6. The highest BCUT2D eigenvalue weighted by Gasteiger charge is 2.20. The van der Waals surface area contributed by atoms with E-state index in [9.17, 15) is 4.79 Å². The van der Waals surface area contributed by atoms with E-state index >= 15 is 0 Å². The Morgan fingerprint density at radius 2 is 2.50 bits per heavy atom. The fraction of sp³-hybridized carbons (Fsp3) is 0.500. The van der Waals surface area contributed by atoms with Gasteiger partial charge in [0.25, 0.3) is 5.91 Å². The Labute approximate surface area is 86.1 Å². The first-order chi connectivity index (χ1) is 6.65. The molecule has 0 aromatic carbocycles. The van der Waals surface area contributed by atoms with Crippen molar-refractivity contribution in [3.05, 3.63) is 11.1 Å². The van der Waals surface area contributed by atoms with Crippen LogP contribution in [-0.2, 0) is 9.53 Å². The SMILES string of the molecule is CCCOC(C(N)=O)c1csc(N)n1. The quantitative estimate of drug-likeness (QED) is 0.755. The number of rotatable bonds is 5. The minimum atomic E-state index is -0.775. The van der Waals surface area contributed by atoms with Crippen LogP contribution in [0.2, 0.25) is 0 Å². The Morgan fingerprint density at radius 1 is 1.79 bits per heavy atom. The zero-order chi connectivity index (χ0) is 10.6. The fourth-order valence-electron chi connectivity index (χ4n) is 0.970. The molecular weight excluding hydrogens is 202 g/mol. The molecule has 1 aromatic heterocycles. The number of amides is 1. The molecular formula is C8H13N3O2S. The van der Waals surface area contributed by atoms with E-state index in [0.29, 0.717) is 17.4 Å². The van der Waals surface area contributed by atoms with E-state index in [1.165, 1.54) is 11.3 Å². The Bertz CT molecular complexity index is 313. The number of anilines is 1. The van der Waals surface area contributed by atoms with Crippen LogP contribution in [0.3, 0.4) is 0 Å². The summed E-state index contributed by atoms with van der Waals surface area (Å²) in [5.74, 6) is -0.538. The molecule has 1 heterocycles. The Balaban J connectivity index is 2.72. The van der Waals surface area contributed by atoms with Gasteiger partial charge in [-0.1, -0.05) is 6.92 Å². The Hall–Kier alpha value is -1.14. The summed E-state index contributed by atoms with van der Waals surface area (Å²) in [5, 5.41) is 2.09. The first-order valence-electron chi connectivity index (χ1n) is 4.27. The van der Waals surface area contributed by atoms with Crippen molar-refractivity contribution in [1.29, 1.82) is 0 Å². The molecule has 1 atom stereocenters. The number of hydrogen-bond acceptors (Lipinski definition) is 5. The van der Waals surface area contributed by atoms with E-state index in [1.54, 1.807) is 5.38 Å². The molecule has 4 N–H and O–H groups in total. The monoisotopic (exact) mass is 215 g/mol. The second kappa shape index (κ2) is 4.92. The van der Waals surface area contributed by atoms with Gasteiger partial charge in [0.1, 0.15) is 0 Å². The molecule has 78 valence electrons. The maximum Gasteiger partial charge on any atom is 0.252 e. The van der Waals surface area contributed by atoms with Crippen molar-refractivity contribution in [1.82, 2.24) is 4.98 Å². The molecule has 5 nitrogen and oxygen atoms in total. The van der Waals surface area contributed by atoms with Gasteiger partial charge in [-0.05, 0) is 6.42 Å². The summed E-state index contributed by atoms with van der Waals surface area (Å²) >= 11 is 1.26. The third kappa shape index (κ3) is 2.68. The zero-order valence-electron chi connectivity index (χ0n) is 7.90. The number of nitrogens with zero attached hydrogens (tertiary/aromatic N) is 1. The maximum absolute atomic E-state index is 11.0. The molecule has 0 fully saturated rings. The fourth-order valence-corrected chi connectivity index (χ4v) is 1.55. The van der Waals surface area contributed by atoms with Crippen LogP contribution in [0.1, 0.15) is 25.1 Å². The Morgan fingerprint density at radius 3 is 2.93 bits per heavy atom. The van der Waals surface area contributed by atoms with Gasteiger partial charge in [0.2, 0.25) is 0 Å². The molecule has 14 heavy (non-hydrogen) atoms. The summed E-state index contributed by atoms with van der Waals surface area (Å²) in [7, 11) is 0. The summed E-state index contributed by atoms with van der Waals surface area (Å²) in [6, 6.07) is 0. The third-order valence-electron chi connectivity index (χ3n) is 1.56. The van der Waals surface area contributed by atoms with Crippen molar-refractivity contribution in [3.8, 4) is 0 Å². The summed E-state index contributed by atoms with van der Waals surface area (Å²) in [4.78, 5) is 15.0. The molecule has 0 saturated heterocycles. The third-order valence-corrected chi connectivity index (χ3v) is 2.25. The number of carbonyl (C=O) groups excluding carboxylic acids is 1. The zero-order valence-corrected chi connectivity index (χ0v) is 8.71. The van der Waals surface area contributed by atoms with E-state index in [-0.39, 0.29) is 0 Å². The summed E-state index contributed by atoms with van der Waals surface area (Å²) < 4.78 is 5.27. The van der Waals surface area contributed by atoms with Crippen molar-refractivity contribution in [2.24, 2.45) is 5.73 Å². The van der Waals surface area contributed by atoms with Gasteiger partial charge in [-0.3, -0.25) is 4.79 Å². The molecule has 6 heteroatoms. The van der Waals surface area contributed by atoms with Gasteiger partial charge in [0.05, 0.1) is 5.69 Å². The number of nitrogen functional groups attached to an aromatic ring is 1. The van der Waals surface area contributed by atoms with Gasteiger partial charge in [-0.15, -0.1) is 11.3 Å². The molecule has 1 amide bonds. The second-order valence-corrected chi connectivity index (χ2v) is 3.65. The number of aromatic nitrogens is 1. The molecule has 0 radical (unpaired) electrons. The predicted molar refractivity (Wildman–Crippen MR) is 54.7 cm³/mol. The maximum atomic E-state index is 11.0. The van der Waals surface area contributed by atoms with Gasteiger partial charge < -0.3 is 16.2 Å². The highest BCUT2D eigenvalue weighted by molar-refractivity contribution is 7.13.